The fraction of sp³-hybridized carbons (Fsp3) is 0.200. The predicted molar refractivity (Wildman–Crippen MR) is 88.6 cm³/mol. The van der Waals surface area contributed by atoms with Gasteiger partial charge in [-0.05, 0) is 24.3 Å². The number of aromatic nitrogens is 5. The van der Waals surface area contributed by atoms with E-state index in [0.29, 0.717) is 28.8 Å². The monoisotopic (exact) mass is 361 g/mol. The molecule has 0 saturated heterocycles. The van der Waals surface area contributed by atoms with Crippen LogP contribution in [0.25, 0.3) is 17.2 Å². The first-order valence-corrected chi connectivity index (χ1v) is 9.01. The van der Waals surface area contributed by atoms with Gasteiger partial charge in [0, 0.05) is 12.3 Å². The van der Waals surface area contributed by atoms with Crippen molar-refractivity contribution in [3.63, 3.8) is 0 Å². The third-order valence-electron chi connectivity index (χ3n) is 3.16. The molecule has 0 spiro atoms. The van der Waals surface area contributed by atoms with Crippen molar-refractivity contribution in [2.45, 2.75) is 6.61 Å². The van der Waals surface area contributed by atoms with Crippen molar-refractivity contribution in [1.29, 1.82) is 0 Å². The van der Waals surface area contributed by atoms with E-state index in [1.165, 1.54) is 11.8 Å². The molecule has 0 aliphatic heterocycles. The minimum Gasteiger partial charge on any atom is -0.480 e. The van der Waals surface area contributed by atoms with Crippen LogP contribution in [0.1, 0.15) is 5.69 Å². The van der Waals surface area contributed by atoms with Crippen molar-refractivity contribution in [3.8, 4) is 23.1 Å². The molecule has 0 atom stereocenters. The van der Waals surface area contributed by atoms with Gasteiger partial charge in [0.2, 0.25) is 5.88 Å². The number of pyridine rings is 1. The summed E-state index contributed by atoms with van der Waals surface area (Å²) < 4.78 is 33.7. The lowest BCUT2D eigenvalue weighted by Gasteiger charge is -2.05. The number of rotatable bonds is 6. The Morgan fingerprint density at radius 3 is 2.60 bits per heavy atom. The highest BCUT2D eigenvalue weighted by molar-refractivity contribution is 7.85. The van der Waals surface area contributed by atoms with Crippen molar-refractivity contribution >= 4 is 10.1 Å². The minimum atomic E-state index is -3.57. The fourth-order valence-corrected chi connectivity index (χ4v) is 2.41. The Kier molecular flexibility index (Phi) is 4.72. The van der Waals surface area contributed by atoms with Gasteiger partial charge in [-0.1, -0.05) is 6.07 Å². The number of nitrogens with zero attached hydrogens (tertiary/aromatic N) is 5. The molecular formula is C15H15N5O4S. The summed E-state index contributed by atoms with van der Waals surface area (Å²) in [7, 11) is -2.08. The standard InChI is InChI=1S/C15H15N5O4S/c1-23-15-7-6-14(17-18-15)20-13(12-5-3-4-8-16-12)9-11(19-20)10-24-25(2,21)22/h3-9H,10H2,1-2H3. The van der Waals surface area contributed by atoms with Crippen LogP contribution in [0, 0.1) is 0 Å². The zero-order valence-corrected chi connectivity index (χ0v) is 14.3. The van der Waals surface area contributed by atoms with Gasteiger partial charge in [0.25, 0.3) is 10.1 Å². The van der Waals surface area contributed by atoms with Crippen LogP contribution in [0.5, 0.6) is 5.88 Å². The average Bonchev–Trinajstić information content (AvgIpc) is 3.05. The molecule has 3 rings (SSSR count). The Bertz CT molecular complexity index is 955. The highest BCUT2D eigenvalue weighted by Crippen LogP contribution is 2.22. The quantitative estimate of drug-likeness (QED) is 0.603. The lowest BCUT2D eigenvalue weighted by molar-refractivity contribution is 0.306. The van der Waals surface area contributed by atoms with Crippen molar-refractivity contribution in [3.05, 3.63) is 48.3 Å². The SMILES string of the molecule is COc1ccc(-n2nc(COS(C)(=O)=O)cc2-c2ccccn2)nn1. The molecule has 0 amide bonds. The molecule has 0 aliphatic carbocycles. The van der Waals surface area contributed by atoms with Crippen LogP contribution in [0.3, 0.4) is 0 Å². The van der Waals surface area contributed by atoms with E-state index in [1.54, 1.807) is 30.5 Å². The van der Waals surface area contributed by atoms with E-state index in [4.69, 9.17) is 8.92 Å². The van der Waals surface area contributed by atoms with Crippen molar-refractivity contribution in [2.24, 2.45) is 0 Å². The van der Waals surface area contributed by atoms with Crippen LogP contribution < -0.4 is 4.74 Å². The van der Waals surface area contributed by atoms with Gasteiger partial charge in [-0.25, -0.2) is 4.68 Å². The molecule has 0 N–H and O–H groups in total. The maximum Gasteiger partial charge on any atom is 0.264 e. The van der Waals surface area contributed by atoms with Crippen LogP contribution in [0.15, 0.2) is 42.6 Å². The lowest BCUT2D eigenvalue weighted by atomic mass is 10.2. The normalized spacial score (nSPS) is 11.4. The van der Waals surface area contributed by atoms with E-state index in [1.807, 2.05) is 12.1 Å². The first kappa shape index (κ1) is 17.0. The minimum absolute atomic E-state index is 0.185. The summed E-state index contributed by atoms with van der Waals surface area (Å²) in [5, 5.41) is 12.3. The van der Waals surface area contributed by atoms with Gasteiger partial charge in [-0.3, -0.25) is 9.17 Å². The summed E-state index contributed by atoms with van der Waals surface area (Å²) in [6, 6.07) is 10.5. The Labute approximate surface area is 144 Å². The van der Waals surface area contributed by atoms with Crippen molar-refractivity contribution in [2.75, 3.05) is 13.4 Å². The molecule has 3 aromatic heterocycles. The lowest BCUT2D eigenvalue weighted by Crippen LogP contribution is -2.06. The molecular weight excluding hydrogens is 346 g/mol. The Morgan fingerprint density at radius 1 is 1.16 bits per heavy atom. The number of methoxy groups -OCH3 is 1. The average molecular weight is 361 g/mol. The third-order valence-corrected chi connectivity index (χ3v) is 3.71. The molecule has 3 aromatic rings. The molecule has 0 aliphatic rings. The van der Waals surface area contributed by atoms with Gasteiger partial charge < -0.3 is 4.74 Å². The van der Waals surface area contributed by atoms with E-state index < -0.39 is 10.1 Å². The second-order valence-electron chi connectivity index (χ2n) is 5.05. The molecule has 10 heteroatoms. The third kappa shape index (κ3) is 4.17. The summed E-state index contributed by atoms with van der Waals surface area (Å²) >= 11 is 0. The van der Waals surface area contributed by atoms with Crippen molar-refractivity contribution < 1.29 is 17.3 Å². The highest BCUT2D eigenvalue weighted by Gasteiger charge is 2.15. The Hall–Kier alpha value is -2.85. The van der Waals surface area contributed by atoms with Gasteiger partial charge >= 0.3 is 0 Å². The van der Waals surface area contributed by atoms with Crippen molar-refractivity contribution in [1.82, 2.24) is 25.0 Å². The summed E-state index contributed by atoms with van der Waals surface area (Å²) in [6.45, 7) is -0.185. The number of hydrogen-bond acceptors (Lipinski definition) is 8. The summed E-state index contributed by atoms with van der Waals surface area (Å²) in [5.74, 6) is 0.808. The van der Waals surface area contributed by atoms with E-state index in [9.17, 15) is 8.42 Å². The predicted octanol–water partition coefficient (Wildman–Crippen LogP) is 1.21. The molecule has 130 valence electrons. The van der Waals surface area contributed by atoms with E-state index in [2.05, 4.69) is 20.3 Å². The van der Waals surface area contributed by atoms with Crippen LogP contribution in [0.2, 0.25) is 0 Å². The van der Waals surface area contributed by atoms with Crippen LogP contribution in [-0.2, 0) is 20.9 Å². The van der Waals surface area contributed by atoms with Gasteiger partial charge in [-0.2, -0.15) is 13.5 Å². The molecule has 0 fully saturated rings. The molecule has 0 radical (unpaired) electrons. The van der Waals surface area contributed by atoms with Crippen LogP contribution in [-0.4, -0.2) is 46.7 Å². The van der Waals surface area contributed by atoms with Gasteiger partial charge in [0.15, 0.2) is 5.82 Å². The van der Waals surface area contributed by atoms with Gasteiger partial charge in [0.05, 0.1) is 30.4 Å². The Balaban J connectivity index is 2.03. The van der Waals surface area contributed by atoms with E-state index >= 15 is 0 Å². The number of hydrogen-bond donors (Lipinski definition) is 0. The largest absolute Gasteiger partial charge is 0.480 e. The second kappa shape index (κ2) is 6.95. The van der Waals surface area contributed by atoms with E-state index in [-0.39, 0.29) is 6.61 Å². The summed E-state index contributed by atoms with van der Waals surface area (Å²) in [5.41, 5.74) is 1.70. The summed E-state index contributed by atoms with van der Waals surface area (Å²) in [4.78, 5) is 4.30. The van der Waals surface area contributed by atoms with Gasteiger partial charge in [-0.15, -0.1) is 10.2 Å². The fourth-order valence-electron chi connectivity index (χ4n) is 2.07. The first-order chi connectivity index (χ1) is 12.0. The zero-order valence-electron chi connectivity index (χ0n) is 13.5. The molecule has 0 saturated carbocycles. The summed E-state index contributed by atoms with van der Waals surface area (Å²) in [6.07, 6.45) is 2.64. The highest BCUT2D eigenvalue weighted by atomic mass is 32.2. The maximum atomic E-state index is 11.2. The van der Waals surface area contributed by atoms with Crippen LogP contribution in [0.4, 0.5) is 0 Å². The maximum absolute atomic E-state index is 11.2. The van der Waals surface area contributed by atoms with Gasteiger partial charge in [0.1, 0.15) is 6.61 Å². The topological polar surface area (TPSA) is 109 Å². The smallest absolute Gasteiger partial charge is 0.264 e. The van der Waals surface area contributed by atoms with E-state index in [0.717, 1.165) is 6.26 Å². The first-order valence-electron chi connectivity index (χ1n) is 7.19. The zero-order chi connectivity index (χ0) is 17.9. The van der Waals surface area contributed by atoms with Crippen LogP contribution >= 0.6 is 0 Å². The molecule has 0 unspecified atom stereocenters. The molecule has 3 heterocycles. The molecule has 0 aromatic carbocycles. The molecule has 0 bridgehead atoms. The number of ether oxygens (including phenoxy) is 1. The molecule has 25 heavy (non-hydrogen) atoms. The Morgan fingerprint density at radius 2 is 2.00 bits per heavy atom. The molecule has 9 nitrogen and oxygen atoms in total. The second-order valence-corrected chi connectivity index (χ2v) is 6.69.